The molecule has 0 fully saturated rings. The van der Waals surface area contributed by atoms with Gasteiger partial charge in [0.25, 0.3) is 0 Å². The average Bonchev–Trinajstić information content (AvgIpc) is 3.01. The summed E-state index contributed by atoms with van der Waals surface area (Å²) in [6, 6.07) is 2.76. The highest BCUT2D eigenvalue weighted by atomic mass is 32.1. The van der Waals surface area contributed by atoms with Crippen molar-refractivity contribution < 1.29 is 0 Å². The Morgan fingerprint density at radius 3 is 2.79 bits per heavy atom. The van der Waals surface area contributed by atoms with Crippen molar-refractivity contribution in [3.63, 3.8) is 0 Å². The predicted octanol–water partition coefficient (Wildman–Crippen LogP) is 2.66. The van der Waals surface area contributed by atoms with Gasteiger partial charge in [-0.3, -0.25) is 9.58 Å². The number of aromatic nitrogens is 2. The molecule has 0 aliphatic rings. The predicted molar refractivity (Wildman–Crippen MR) is 80.2 cm³/mol. The summed E-state index contributed by atoms with van der Waals surface area (Å²) in [5.41, 5.74) is 8.47. The van der Waals surface area contributed by atoms with Crippen LogP contribution in [0, 0.1) is 0 Å². The van der Waals surface area contributed by atoms with Crippen LogP contribution in [0.2, 0.25) is 0 Å². The molecule has 0 aromatic carbocycles. The summed E-state index contributed by atoms with van der Waals surface area (Å²) in [6.07, 6.45) is 4.04. The molecule has 0 spiro atoms. The first-order valence-electron chi connectivity index (χ1n) is 6.57. The SMILES string of the molecule is CC(C)n1cc(C(CN)N(C)Cc2ccsc2)cn1. The van der Waals surface area contributed by atoms with E-state index >= 15 is 0 Å². The Bertz CT molecular complexity index is 489. The monoisotopic (exact) mass is 278 g/mol. The van der Waals surface area contributed by atoms with Crippen molar-refractivity contribution in [1.29, 1.82) is 0 Å². The van der Waals surface area contributed by atoms with E-state index in [-0.39, 0.29) is 6.04 Å². The molecule has 1 unspecified atom stereocenters. The second kappa shape index (κ2) is 6.32. The molecule has 2 rings (SSSR count). The van der Waals surface area contributed by atoms with Gasteiger partial charge in [0.2, 0.25) is 0 Å². The average molecular weight is 278 g/mol. The summed E-state index contributed by atoms with van der Waals surface area (Å²) in [7, 11) is 2.11. The summed E-state index contributed by atoms with van der Waals surface area (Å²) < 4.78 is 1.98. The van der Waals surface area contributed by atoms with Gasteiger partial charge in [0.05, 0.1) is 12.2 Å². The maximum absolute atomic E-state index is 5.94. The van der Waals surface area contributed by atoms with E-state index in [9.17, 15) is 0 Å². The molecule has 0 radical (unpaired) electrons. The van der Waals surface area contributed by atoms with E-state index < -0.39 is 0 Å². The lowest BCUT2D eigenvalue weighted by Crippen LogP contribution is -2.29. The number of hydrogen-bond donors (Lipinski definition) is 1. The zero-order valence-electron chi connectivity index (χ0n) is 11.8. The molecular formula is C14H22N4S. The van der Waals surface area contributed by atoms with Gasteiger partial charge in [0.15, 0.2) is 0 Å². The minimum atomic E-state index is 0.215. The second-order valence-corrected chi connectivity index (χ2v) is 5.93. The lowest BCUT2D eigenvalue weighted by Gasteiger charge is -2.25. The molecule has 2 heterocycles. The molecule has 104 valence electrons. The quantitative estimate of drug-likeness (QED) is 0.883. The molecule has 4 nitrogen and oxygen atoms in total. The van der Waals surface area contributed by atoms with Crippen molar-refractivity contribution in [2.75, 3.05) is 13.6 Å². The van der Waals surface area contributed by atoms with Crippen molar-refractivity contribution >= 4 is 11.3 Å². The fourth-order valence-electron chi connectivity index (χ4n) is 2.16. The van der Waals surface area contributed by atoms with E-state index in [4.69, 9.17) is 5.73 Å². The van der Waals surface area contributed by atoms with Crippen LogP contribution in [0.4, 0.5) is 0 Å². The maximum atomic E-state index is 5.94. The van der Waals surface area contributed by atoms with Gasteiger partial charge >= 0.3 is 0 Å². The summed E-state index contributed by atoms with van der Waals surface area (Å²) in [4.78, 5) is 2.28. The molecule has 5 heteroatoms. The zero-order chi connectivity index (χ0) is 13.8. The van der Waals surface area contributed by atoms with Crippen LogP contribution in [0.25, 0.3) is 0 Å². The Morgan fingerprint density at radius 1 is 1.47 bits per heavy atom. The van der Waals surface area contributed by atoms with Gasteiger partial charge in [-0.1, -0.05) is 0 Å². The third-order valence-corrected chi connectivity index (χ3v) is 4.03. The number of nitrogens with zero attached hydrogens (tertiary/aromatic N) is 3. The minimum absolute atomic E-state index is 0.215. The Labute approximate surface area is 118 Å². The number of nitrogens with two attached hydrogens (primary N) is 1. The molecule has 19 heavy (non-hydrogen) atoms. The molecule has 2 aromatic rings. The third-order valence-electron chi connectivity index (χ3n) is 3.30. The zero-order valence-corrected chi connectivity index (χ0v) is 12.6. The molecule has 1 atom stereocenters. The largest absolute Gasteiger partial charge is 0.329 e. The fourth-order valence-corrected chi connectivity index (χ4v) is 2.82. The van der Waals surface area contributed by atoms with Gasteiger partial charge in [-0.05, 0) is 43.3 Å². The summed E-state index contributed by atoms with van der Waals surface area (Å²) >= 11 is 1.73. The van der Waals surface area contributed by atoms with E-state index in [0.29, 0.717) is 12.6 Å². The standard InChI is InChI=1S/C14H22N4S/c1-11(2)18-9-13(7-16-18)14(6-15)17(3)8-12-4-5-19-10-12/h4-5,7,9-11,14H,6,8,15H2,1-3H3. The molecule has 0 saturated heterocycles. The molecule has 0 bridgehead atoms. The molecule has 0 aliphatic carbocycles. The Kier molecular flexibility index (Phi) is 4.74. The highest BCUT2D eigenvalue weighted by molar-refractivity contribution is 7.07. The number of thiophene rings is 1. The van der Waals surface area contributed by atoms with Crippen molar-refractivity contribution in [2.45, 2.75) is 32.5 Å². The maximum Gasteiger partial charge on any atom is 0.0538 e. The van der Waals surface area contributed by atoms with Crippen molar-refractivity contribution in [3.8, 4) is 0 Å². The number of rotatable bonds is 6. The lowest BCUT2D eigenvalue weighted by molar-refractivity contribution is 0.242. The fraction of sp³-hybridized carbons (Fsp3) is 0.500. The van der Waals surface area contributed by atoms with Crippen LogP contribution >= 0.6 is 11.3 Å². The first-order valence-corrected chi connectivity index (χ1v) is 7.51. The van der Waals surface area contributed by atoms with Gasteiger partial charge in [0, 0.05) is 30.9 Å². The Morgan fingerprint density at radius 2 is 2.26 bits per heavy atom. The Hall–Kier alpha value is -1.17. The van der Waals surface area contributed by atoms with Crippen LogP contribution in [0.1, 0.15) is 37.1 Å². The summed E-state index contributed by atoms with van der Waals surface area (Å²) in [6.45, 7) is 5.77. The van der Waals surface area contributed by atoms with E-state index in [1.165, 1.54) is 11.1 Å². The molecule has 0 amide bonds. The van der Waals surface area contributed by atoms with Crippen LogP contribution in [0.15, 0.2) is 29.2 Å². The molecular weight excluding hydrogens is 256 g/mol. The van der Waals surface area contributed by atoms with E-state index in [2.05, 4.69) is 53.9 Å². The minimum Gasteiger partial charge on any atom is -0.329 e. The smallest absolute Gasteiger partial charge is 0.0538 e. The van der Waals surface area contributed by atoms with Gasteiger partial charge in [0.1, 0.15) is 0 Å². The van der Waals surface area contributed by atoms with E-state index in [1.54, 1.807) is 11.3 Å². The van der Waals surface area contributed by atoms with Crippen molar-refractivity contribution in [3.05, 3.63) is 40.3 Å². The summed E-state index contributed by atoms with van der Waals surface area (Å²) in [5, 5.41) is 8.69. The van der Waals surface area contributed by atoms with Crippen LogP contribution < -0.4 is 5.73 Å². The van der Waals surface area contributed by atoms with Crippen molar-refractivity contribution in [2.24, 2.45) is 5.73 Å². The second-order valence-electron chi connectivity index (χ2n) is 5.15. The third kappa shape index (κ3) is 3.43. The lowest BCUT2D eigenvalue weighted by atomic mass is 10.1. The molecule has 0 saturated carbocycles. The van der Waals surface area contributed by atoms with E-state index in [0.717, 1.165) is 6.54 Å². The first-order chi connectivity index (χ1) is 9.11. The normalized spacial score (nSPS) is 13.4. The highest BCUT2D eigenvalue weighted by Crippen LogP contribution is 2.21. The number of likely N-dealkylation sites (N-methyl/N-ethyl adjacent to an activating group) is 1. The van der Waals surface area contributed by atoms with Crippen LogP contribution in [0.3, 0.4) is 0 Å². The van der Waals surface area contributed by atoms with Gasteiger partial charge in [-0.25, -0.2) is 0 Å². The van der Waals surface area contributed by atoms with Crippen LogP contribution in [-0.2, 0) is 6.54 Å². The van der Waals surface area contributed by atoms with Crippen molar-refractivity contribution in [1.82, 2.24) is 14.7 Å². The first kappa shape index (κ1) is 14.2. The van der Waals surface area contributed by atoms with Gasteiger partial charge < -0.3 is 5.73 Å². The molecule has 0 aliphatic heterocycles. The highest BCUT2D eigenvalue weighted by Gasteiger charge is 2.18. The molecule has 2 aromatic heterocycles. The van der Waals surface area contributed by atoms with E-state index in [1.807, 2.05) is 10.9 Å². The Balaban J connectivity index is 2.09. The van der Waals surface area contributed by atoms with Crippen LogP contribution in [0.5, 0.6) is 0 Å². The number of hydrogen-bond acceptors (Lipinski definition) is 4. The van der Waals surface area contributed by atoms with Crippen LogP contribution in [-0.4, -0.2) is 28.3 Å². The van der Waals surface area contributed by atoms with Gasteiger partial charge in [-0.15, -0.1) is 0 Å². The van der Waals surface area contributed by atoms with Gasteiger partial charge in [-0.2, -0.15) is 16.4 Å². The topological polar surface area (TPSA) is 47.1 Å². The summed E-state index contributed by atoms with van der Waals surface area (Å²) in [5.74, 6) is 0. The molecule has 2 N–H and O–H groups in total.